The van der Waals surface area contributed by atoms with Crippen molar-refractivity contribution in [2.75, 3.05) is 6.61 Å². The summed E-state index contributed by atoms with van der Waals surface area (Å²) in [6.07, 6.45) is 0.988. The fourth-order valence-electron chi connectivity index (χ4n) is 2.13. The normalized spacial score (nSPS) is 19.4. The lowest BCUT2D eigenvalue weighted by Crippen LogP contribution is -2.41. The smallest absolute Gasteiger partial charge is 0.465 e. The Labute approximate surface area is 143 Å². The molecule has 0 bridgehead atoms. The summed E-state index contributed by atoms with van der Waals surface area (Å²) < 4.78 is 24.0. The van der Waals surface area contributed by atoms with Crippen molar-refractivity contribution < 1.29 is 23.6 Å². The van der Waals surface area contributed by atoms with Gasteiger partial charge in [0.2, 0.25) is 0 Å². The Morgan fingerprint density at radius 2 is 1.79 bits per heavy atom. The molecule has 1 fully saturated rings. The maximum atomic E-state index is 12.4. The molecule has 0 saturated carbocycles. The van der Waals surface area contributed by atoms with Crippen LogP contribution in [-0.2, 0) is 14.0 Å². The van der Waals surface area contributed by atoms with Crippen LogP contribution in [0, 0.1) is 0 Å². The lowest BCUT2D eigenvalue weighted by atomic mass is 9.86. The Morgan fingerprint density at radius 3 is 2.25 bits per heavy atom. The minimum absolute atomic E-state index is 0.163. The quantitative estimate of drug-likeness (QED) is 0.788. The van der Waals surface area contributed by atoms with Crippen LogP contribution in [0.15, 0.2) is 6.20 Å². The average molecular weight is 338 g/mol. The van der Waals surface area contributed by atoms with E-state index in [1.54, 1.807) is 27.0 Å². The highest BCUT2D eigenvalue weighted by molar-refractivity contribution is 6.61. The van der Waals surface area contributed by atoms with E-state index in [0.717, 1.165) is 0 Å². The molecule has 24 heavy (non-hydrogen) atoms. The van der Waals surface area contributed by atoms with E-state index in [-0.39, 0.29) is 6.01 Å². The lowest BCUT2D eigenvalue weighted by Gasteiger charge is -2.32. The second-order valence-corrected chi connectivity index (χ2v) is 7.82. The van der Waals surface area contributed by atoms with Gasteiger partial charge in [-0.3, -0.25) is 0 Å². The molecule has 1 aliphatic heterocycles. The first-order valence-electron chi connectivity index (χ1n) is 8.17. The van der Waals surface area contributed by atoms with E-state index in [2.05, 4.69) is 4.98 Å². The van der Waals surface area contributed by atoms with Crippen molar-refractivity contribution in [3.63, 3.8) is 0 Å². The van der Waals surface area contributed by atoms with Crippen LogP contribution in [0.3, 0.4) is 0 Å². The number of nitrogens with zero attached hydrogens (tertiary/aromatic N) is 2. The summed E-state index contributed by atoms with van der Waals surface area (Å²) in [5.74, 6) is 0. The molecule has 0 aliphatic carbocycles. The summed E-state index contributed by atoms with van der Waals surface area (Å²) in [4.78, 5) is 16.7. The number of carbonyl (C=O) groups is 1. The molecular weight excluding hydrogens is 311 g/mol. The number of carbonyl (C=O) groups excluding carboxylic acids is 1. The third-order valence-corrected chi connectivity index (χ3v) is 4.05. The third kappa shape index (κ3) is 3.75. The number of aromatic nitrogens is 2. The van der Waals surface area contributed by atoms with Crippen molar-refractivity contribution in [2.45, 2.75) is 72.2 Å². The standard InChI is InChI=1S/C16H27BN2O5/c1-9-21-12-18-11(10-19(12)13(20)22-14(2,3)4)17-23-15(5,6)16(7,8)24-17/h10H,9H2,1-8H3. The highest BCUT2D eigenvalue weighted by atomic mass is 16.7. The lowest BCUT2D eigenvalue weighted by molar-refractivity contribution is 0.00578. The van der Waals surface area contributed by atoms with E-state index in [4.69, 9.17) is 18.8 Å². The largest absolute Gasteiger partial charge is 0.516 e. The predicted octanol–water partition coefficient (Wildman–Crippen LogP) is 2.36. The fraction of sp³-hybridized carbons (Fsp3) is 0.750. The molecule has 0 unspecified atom stereocenters. The molecule has 1 aromatic rings. The molecule has 0 atom stereocenters. The number of hydrogen-bond donors (Lipinski definition) is 0. The summed E-state index contributed by atoms with van der Waals surface area (Å²) in [7, 11) is -0.669. The second-order valence-electron chi connectivity index (χ2n) is 7.82. The minimum atomic E-state index is -0.669. The van der Waals surface area contributed by atoms with Crippen LogP contribution >= 0.6 is 0 Å². The van der Waals surface area contributed by atoms with Crippen molar-refractivity contribution in [3.8, 4) is 6.01 Å². The summed E-state index contributed by atoms with van der Waals surface area (Å²) >= 11 is 0. The van der Waals surface area contributed by atoms with Crippen LogP contribution in [0.1, 0.15) is 55.4 Å². The van der Waals surface area contributed by atoms with Gasteiger partial charge in [-0.2, -0.15) is 0 Å². The fourth-order valence-corrected chi connectivity index (χ4v) is 2.13. The van der Waals surface area contributed by atoms with Gasteiger partial charge < -0.3 is 18.8 Å². The monoisotopic (exact) mass is 338 g/mol. The maximum absolute atomic E-state index is 12.4. The summed E-state index contributed by atoms with van der Waals surface area (Å²) in [5.41, 5.74) is -1.11. The van der Waals surface area contributed by atoms with Crippen LogP contribution in [0.25, 0.3) is 0 Å². The zero-order valence-electron chi connectivity index (χ0n) is 15.8. The summed E-state index contributed by atoms with van der Waals surface area (Å²) in [6, 6.07) is 0.163. The molecular formula is C16H27BN2O5. The summed E-state index contributed by atoms with van der Waals surface area (Å²) in [6.45, 7) is 15.4. The Hall–Kier alpha value is -1.54. The van der Waals surface area contributed by atoms with Crippen LogP contribution in [-0.4, -0.2) is 46.2 Å². The van der Waals surface area contributed by atoms with Gasteiger partial charge in [-0.25, -0.2) is 14.3 Å². The van der Waals surface area contributed by atoms with E-state index >= 15 is 0 Å². The molecule has 1 aromatic heterocycles. The van der Waals surface area contributed by atoms with Gasteiger partial charge in [0.1, 0.15) is 5.60 Å². The molecule has 0 aromatic carbocycles. The average Bonchev–Trinajstić information content (AvgIpc) is 2.88. The zero-order valence-corrected chi connectivity index (χ0v) is 15.8. The molecule has 0 amide bonds. The molecule has 8 heteroatoms. The second kappa shape index (κ2) is 6.08. The number of hydrogen-bond acceptors (Lipinski definition) is 6. The molecule has 134 valence electrons. The number of imidazole rings is 1. The van der Waals surface area contributed by atoms with Crippen molar-refractivity contribution in [1.82, 2.24) is 9.55 Å². The Kier molecular flexibility index (Phi) is 4.76. The Morgan fingerprint density at radius 1 is 1.25 bits per heavy atom. The first kappa shape index (κ1) is 18.8. The van der Waals surface area contributed by atoms with E-state index in [0.29, 0.717) is 12.2 Å². The molecule has 0 radical (unpaired) electrons. The molecule has 1 aliphatic rings. The van der Waals surface area contributed by atoms with E-state index in [1.165, 1.54) is 4.57 Å². The first-order valence-corrected chi connectivity index (χ1v) is 8.17. The highest BCUT2D eigenvalue weighted by Crippen LogP contribution is 2.36. The predicted molar refractivity (Wildman–Crippen MR) is 90.7 cm³/mol. The van der Waals surface area contributed by atoms with Crippen LogP contribution in [0.4, 0.5) is 4.79 Å². The molecule has 2 heterocycles. The number of ether oxygens (including phenoxy) is 2. The minimum Gasteiger partial charge on any atom is -0.465 e. The maximum Gasteiger partial charge on any atom is 0.516 e. The van der Waals surface area contributed by atoms with Gasteiger partial charge in [0.25, 0.3) is 0 Å². The van der Waals surface area contributed by atoms with Gasteiger partial charge in [0.05, 0.1) is 23.4 Å². The van der Waals surface area contributed by atoms with Gasteiger partial charge >= 0.3 is 19.2 Å². The third-order valence-electron chi connectivity index (χ3n) is 4.05. The summed E-state index contributed by atoms with van der Waals surface area (Å²) in [5, 5.41) is 0. The van der Waals surface area contributed by atoms with Gasteiger partial charge in [0.15, 0.2) is 0 Å². The topological polar surface area (TPSA) is 71.8 Å². The van der Waals surface area contributed by atoms with Gasteiger partial charge in [0, 0.05) is 6.20 Å². The van der Waals surface area contributed by atoms with Crippen LogP contribution in [0.5, 0.6) is 6.01 Å². The van der Waals surface area contributed by atoms with E-state index in [9.17, 15) is 4.79 Å². The van der Waals surface area contributed by atoms with Gasteiger partial charge in [-0.05, 0) is 55.4 Å². The van der Waals surface area contributed by atoms with Crippen molar-refractivity contribution in [3.05, 3.63) is 6.20 Å². The van der Waals surface area contributed by atoms with E-state index < -0.39 is 30.0 Å². The van der Waals surface area contributed by atoms with E-state index in [1.807, 2.05) is 34.6 Å². The van der Waals surface area contributed by atoms with Crippen LogP contribution in [0.2, 0.25) is 0 Å². The molecule has 0 N–H and O–H groups in total. The molecule has 7 nitrogen and oxygen atoms in total. The van der Waals surface area contributed by atoms with Crippen molar-refractivity contribution in [1.29, 1.82) is 0 Å². The Bertz CT molecular complexity index is 602. The molecule has 1 saturated heterocycles. The van der Waals surface area contributed by atoms with Gasteiger partial charge in [-0.1, -0.05) is 0 Å². The number of rotatable bonds is 3. The van der Waals surface area contributed by atoms with Crippen LogP contribution < -0.4 is 10.3 Å². The van der Waals surface area contributed by atoms with Crippen molar-refractivity contribution in [2.24, 2.45) is 0 Å². The zero-order chi connectivity index (χ0) is 18.3. The highest BCUT2D eigenvalue weighted by Gasteiger charge is 2.53. The van der Waals surface area contributed by atoms with Crippen molar-refractivity contribution >= 4 is 18.8 Å². The van der Waals surface area contributed by atoms with Gasteiger partial charge in [-0.15, -0.1) is 0 Å². The molecule has 0 spiro atoms. The first-order chi connectivity index (χ1) is 10.9. The Balaban J connectivity index is 2.31. The molecule has 2 rings (SSSR count). The SMILES string of the molecule is CCOc1nc(B2OC(C)(C)C(C)(C)O2)cn1C(=O)OC(C)(C)C.